The minimum Gasteiger partial charge on any atom is -0.385 e. The number of allylic oxidation sites excluding steroid dienone is 1. The highest BCUT2D eigenvalue weighted by atomic mass is 15.2. The molecule has 0 aromatic heterocycles. The average Bonchev–Trinajstić information content (AvgIpc) is 3.26. The molecule has 0 saturated carbocycles. The van der Waals surface area contributed by atoms with Crippen molar-refractivity contribution in [3.8, 4) is 22.3 Å². The lowest BCUT2D eigenvalue weighted by atomic mass is 9.79. The Hall–Kier alpha value is -6.42. The normalized spacial score (nSPS) is 15.0. The molecule has 2 aliphatic heterocycles. The van der Waals surface area contributed by atoms with Crippen LogP contribution >= 0.6 is 0 Å². The second-order valence-corrected chi connectivity index (χ2v) is 14.4. The predicted molar refractivity (Wildman–Crippen MR) is 232 cm³/mol. The monoisotopic (exact) mass is 717 g/mol. The van der Waals surface area contributed by atoms with Gasteiger partial charge in [-0.1, -0.05) is 148 Å². The van der Waals surface area contributed by atoms with Gasteiger partial charge in [-0.25, -0.2) is 9.98 Å². The third-order valence-electron chi connectivity index (χ3n) is 11.1. The number of fused-ring (bicyclic) bond motifs is 1. The van der Waals surface area contributed by atoms with E-state index in [0.29, 0.717) is 5.84 Å². The van der Waals surface area contributed by atoms with Crippen LogP contribution in [0.4, 0.5) is 17.1 Å². The maximum atomic E-state index is 5.18. The largest absolute Gasteiger partial charge is 0.385 e. The van der Waals surface area contributed by atoms with Crippen molar-refractivity contribution in [2.24, 2.45) is 15.4 Å². The van der Waals surface area contributed by atoms with E-state index >= 15 is 0 Å². The third kappa shape index (κ3) is 7.03. The highest BCUT2D eigenvalue weighted by molar-refractivity contribution is 6.15. The number of rotatable bonds is 11. The Kier molecular flexibility index (Phi) is 10.0. The fraction of sp³-hybridized carbons (Fsp3) is 0.180. The summed E-state index contributed by atoms with van der Waals surface area (Å²) in [4.78, 5) is 12.7. The molecule has 2 N–H and O–H groups in total. The summed E-state index contributed by atoms with van der Waals surface area (Å²) in [5, 5.41) is 7.25. The van der Waals surface area contributed by atoms with Gasteiger partial charge >= 0.3 is 0 Å². The molecule has 0 fully saturated rings. The van der Waals surface area contributed by atoms with Crippen molar-refractivity contribution in [2.45, 2.75) is 46.7 Å². The third-order valence-corrected chi connectivity index (χ3v) is 11.1. The molecular weight excluding hydrogens is 671 g/mol. The quantitative estimate of drug-likeness (QED) is 0.131. The molecule has 5 nitrogen and oxygen atoms in total. The topological polar surface area (TPSA) is 52.0 Å². The molecule has 55 heavy (non-hydrogen) atoms. The zero-order chi connectivity index (χ0) is 37.8. The van der Waals surface area contributed by atoms with Gasteiger partial charge in [0.15, 0.2) is 5.84 Å². The van der Waals surface area contributed by atoms with Crippen LogP contribution in [0.3, 0.4) is 0 Å². The first-order valence-corrected chi connectivity index (χ1v) is 19.5. The molecule has 0 aliphatic carbocycles. The highest BCUT2D eigenvalue weighted by Crippen LogP contribution is 2.46. The fourth-order valence-electron chi connectivity index (χ4n) is 7.60. The van der Waals surface area contributed by atoms with E-state index in [1.807, 2.05) is 24.3 Å². The van der Waals surface area contributed by atoms with Crippen LogP contribution < -0.4 is 15.5 Å². The molecule has 2 heterocycles. The van der Waals surface area contributed by atoms with Gasteiger partial charge in [0.1, 0.15) is 12.0 Å². The number of benzene rings is 6. The van der Waals surface area contributed by atoms with Crippen LogP contribution in [0.1, 0.15) is 69.0 Å². The Morgan fingerprint density at radius 1 is 0.673 bits per heavy atom. The lowest BCUT2D eigenvalue weighted by molar-refractivity contribution is 0.363. The summed E-state index contributed by atoms with van der Waals surface area (Å²) in [7, 11) is 0. The molecular formula is C50H47N5. The van der Waals surface area contributed by atoms with Crippen LogP contribution in [0, 0.1) is 5.41 Å². The summed E-state index contributed by atoms with van der Waals surface area (Å²) >= 11 is 0. The molecule has 1 atom stereocenters. The molecule has 0 saturated heterocycles. The smallest absolute Gasteiger partial charge is 0.159 e. The summed E-state index contributed by atoms with van der Waals surface area (Å²) < 4.78 is 0. The number of para-hydroxylation sites is 1. The summed E-state index contributed by atoms with van der Waals surface area (Å²) in [6.45, 7) is 9.89. The van der Waals surface area contributed by atoms with Crippen molar-refractivity contribution in [1.29, 1.82) is 0 Å². The van der Waals surface area contributed by atoms with Gasteiger partial charge in [-0.05, 0) is 84.0 Å². The van der Waals surface area contributed by atoms with Gasteiger partial charge in [-0.3, -0.25) is 0 Å². The molecule has 2 aliphatic rings. The van der Waals surface area contributed by atoms with Crippen LogP contribution in [0.2, 0.25) is 0 Å². The molecule has 0 amide bonds. The van der Waals surface area contributed by atoms with Gasteiger partial charge in [0, 0.05) is 40.0 Å². The van der Waals surface area contributed by atoms with Crippen molar-refractivity contribution in [2.75, 3.05) is 16.8 Å². The number of nitrogens with zero attached hydrogens (tertiary/aromatic N) is 3. The van der Waals surface area contributed by atoms with E-state index in [2.05, 4.69) is 182 Å². The lowest BCUT2D eigenvalue weighted by Gasteiger charge is -2.39. The molecule has 272 valence electrons. The first-order valence-electron chi connectivity index (χ1n) is 19.5. The number of hydrogen-bond acceptors (Lipinski definition) is 5. The van der Waals surface area contributed by atoms with Gasteiger partial charge in [0.2, 0.25) is 0 Å². The van der Waals surface area contributed by atoms with Gasteiger partial charge in [0.25, 0.3) is 0 Å². The molecule has 8 rings (SSSR count). The summed E-state index contributed by atoms with van der Waals surface area (Å²) in [5.41, 5.74) is 17.1. The fourth-order valence-corrected chi connectivity index (χ4v) is 7.60. The van der Waals surface area contributed by atoms with Crippen LogP contribution in [0.15, 0.2) is 173 Å². The summed E-state index contributed by atoms with van der Waals surface area (Å²) in [6, 6.07) is 53.6. The Balaban J connectivity index is 1.23. The highest BCUT2D eigenvalue weighted by Gasteiger charge is 2.33. The van der Waals surface area contributed by atoms with Crippen molar-refractivity contribution in [3.05, 3.63) is 185 Å². The Morgan fingerprint density at radius 3 is 2.05 bits per heavy atom. The van der Waals surface area contributed by atoms with E-state index in [4.69, 9.17) is 9.98 Å². The number of amidine groups is 2. The lowest BCUT2D eigenvalue weighted by Crippen LogP contribution is -2.34. The minimum atomic E-state index is -0.281. The Labute approximate surface area is 325 Å². The summed E-state index contributed by atoms with van der Waals surface area (Å²) in [6.07, 6.45) is 3.93. The van der Waals surface area contributed by atoms with Gasteiger partial charge in [0.05, 0.1) is 11.4 Å². The van der Waals surface area contributed by atoms with Crippen LogP contribution in [0.25, 0.3) is 28.3 Å². The SMILES string of the molecule is CCNc1ccc(-c2ccccc2C2=NC(c3ccccc3)=NC(c3ccccc3)N2)c(-c2ccc(N3C(C(C)(CC)CC)=C=Cc4ccccc43)cc2)c1. The van der Waals surface area contributed by atoms with E-state index in [1.54, 1.807) is 0 Å². The van der Waals surface area contributed by atoms with Gasteiger partial charge in [-0.2, -0.15) is 0 Å². The number of nitrogens with one attached hydrogen (secondary N) is 2. The van der Waals surface area contributed by atoms with E-state index in [-0.39, 0.29) is 11.6 Å². The van der Waals surface area contributed by atoms with Gasteiger partial charge < -0.3 is 15.5 Å². The second kappa shape index (κ2) is 15.5. The van der Waals surface area contributed by atoms with Crippen LogP contribution in [-0.2, 0) is 0 Å². The van der Waals surface area contributed by atoms with E-state index in [1.165, 1.54) is 16.9 Å². The molecule has 6 aromatic carbocycles. The Morgan fingerprint density at radius 2 is 1.33 bits per heavy atom. The average molecular weight is 718 g/mol. The van der Waals surface area contributed by atoms with Crippen molar-refractivity contribution in [3.63, 3.8) is 0 Å². The van der Waals surface area contributed by atoms with E-state index in [0.717, 1.165) is 75.5 Å². The molecule has 5 heteroatoms. The number of hydrogen-bond donors (Lipinski definition) is 2. The van der Waals surface area contributed by atoms with Crippen molar-refractivity contribution in [1.82, 2.24) is 5.32 Å². The number of anilines is 3. The van der Waals surface area contributed by atoms with Crippen molar-refractivity contribution < 1.29 is 0 Å². The van der Waals surface area contributed by atoms with E-state index in [9.17, 15) is 0 Å². The first kappa shape index (κ1) is 35.6. The van der Waals surface area contributed by atoms with Crippen LogP contribution in [-0.4, -0.2) is 18.2 Å². The van der Waals surface area contributed by atoms with E-state index < -0.39 is 0 Å². The van der Waals surface area contributed by atoms with Crippen LogP contribution in [0.5, 0.6) is 0 Å². The Bertz CT molecular complexity index is 2430. The zero-order valence-electron chi connectivity index (χ0n) is 32.1. The number of aliphatic imine (C=N–C) groups is 2. The van der Waals surface area contributed by atoms with Gasteiger partial charge in [-0.15, -0.1) is 0 Å². The molecule has 0 bridgehead atoms. The molecule has 6 aromatic rings. The maximum Gasteiger partial charge on any atom is 0.159 e. The summed E-state index contributed by atoms with van der Waals surface area (Å²) in [5.74, 6) is 1.50. The molecule has 0 spiro atoms. The van der Waals surface area contributed by atoms with Crippen molar-refractivity contribution >= 4 is 34.8 Å². The predicted octanol–water partition coefficient (Wildman–Crippen LogP) is 12.4. The molecule has 0 radical (unpaired) electrons. The molecule has 1 unspecified atom stereocenters. The first-order chi connectivity index (χ1) is 27.0. The minimum absolute atomic E-state index is 0.0137. The zero-order valence-corrected chi connectivity index (χ0v) is 32.1. The standard InChI is InChI=1S/C50H47N5/c1-5-50(4,6-2)46-33-28-36-18-14-17-25-45(36)55(46)40-30-26-35(27-31-40)44-34-39(51-7-3)29-32-42(44)41-23-15-16-24-43(41)49-53-47(37-19-10-8-11-20-37)52-48(54-49)38-21-12-9-13-22-38/h8-32,34,47,51H,5-7H2,1-4H3,(H,52,53,54). The maximum absolute atomic E-state index is 5.18. The second-order valence-electron chi connectivity index (χ2n) is 14.4.